The number of fused-ring (bicyclic) bond motifs is 2. The molecule has 0 radical (unpaired) electrons. The monoisotopic (exact) mass is 536 g/mol. The number of aromatic nitrogens is 2. The summed E-state index contributed by atoms with van der Waals surface area (Å²) in [6.07, 6.45) is 0. The van der Waals surface area contributed by atoms with Gasteiger partial charge in [-0.3, -0.25) is 0 Å². The Morgan fingerprint density at radius 1 is 0.462 bits per heavy atom. The summed E-state index contributed by atoms with van der Waals surface area (Å²) in [5.41, 5.74) is 5.49. The van der Waals surface area contributed by atoms with Crippen LogP contribution in [0, 0.1) is 13.8 Å². The van der Waals surface area contributed by atoms with Crippen LogP contribution in [0.3, 0.4) is 0 Å². The number of aromatic hydroxyl groups is 3. The van der Waals surface area contributed by atoms with Crippen LogP contribution in [0.1, 0.15) is 11.4 Å². The van der Waals surface area contributed by atoms with Crippen LogP contribution < -0.4 is 0 Å². The van der Waals surface area contributed by atoms with Gasteiger partial charge in [0.15, 0.2) is 17.4 Å². The molecule has 0 saturated heterocycles. The molecule has 0 amide bonds. The second-order valence-corrected chi connectivity index (χ2v) is 8.52. The van der Waals surface area contributed by atoms with Crippen LogP contribution in [-0.4, -0.2) is 48.1 Å². The average Bonchev–Trinajstić information content (AvgIpc) is 2.91. The van der Waals surface area contributed by atoms with E-state index in [0.29, 0.717) is 16.8 Å². The third-order valence-electron chi connectivity index (χ3n) is 5.65. The maximum atomic E-state index is 9.43. The minimum atomic E-state index is 0. The molecule has 6 aromatic rings. The van der Waals surface area contributed by atoms with Gasteiger partial charge in [-0.2, -0.15) is 0 Å². The molecule has 6 nitrogen and oxygen atoms in total. The fourth-order valence-electron chi connectivity index (χ4n) is 3.74. The summed E-state index contributed by atoms with van der Waals surface area (Å²) in [5.74, 6) is 0.798. The van der Waals surface area contributed by atoms with E-state index in [1.807, 2.05) is 105 Å². The molecule has 5 N–H and O–H groups in total. The van der Waals surface area contributed by atoms with Crippen LogP contribution in [0.5, 0.6) is 17.2 Å². The lowest BCUT2D eigenvalue weighted by molar-refractivity contribution is 0.475. The van der Waals surface area contributed by atoms with Crippen molar-refractivity contribution < 1.29 is 20.8 Å². The van der Waals surface area contributed by atoms with Gasteiger partial charge in [0.1, 0.15) is 28.3 Å². The molecular weight excluding hydrogens is 503 g/mol. The van der Waals surface area contributed by atoms with Crippen LogP contribution in [-0.2, 0) is 0 Å². The topological polar surface area (TPSA) is 118 Å². The molecule has 0 aliphatic rings. The summed E-state index contributed by atoms with van der Waals surface area (Å²) in [6.45, 7) is 3.82. The number of hydrogen-bond acceptors (Lipinski definition) is 5. The van der Waals surface area contributed by atoms with Crippen LogP contribution in [0.25, 0.3) is 32.9 Å². The van der Waals surface area contributed by atoms with Gasteiger partial charge in [0.25, 0.3) is 0 Å². The van der Waals surface area contributed by atoms with Crippen LogP contribution in [0.15, 0.2) is 115 Å². The SMILES string of the molecule is Cc1ccc2cccc(O)c2n1.Cc1ccc2cccc(O)c2n1.O.Oc1ccc(-c2ccccc2)cc1.[AlH3]. The van der Waals surface area contributed by atoms with Gasteiger partial charge in [-0.25, -0.2) is 9.97 Å². The van der Waals surface area contributed by atoms with Gasteiger partial charge in [0.2, 0.25) is 0 Å². The standard InChI is InChI=1S/C12H10O.2C10H9NO.Al.H2O.3H/c13-12-8-6-11(7-9-12)10-4-2-1-3-5-10;2*1-7-5-6-8-3-2-4-9(12)10(8)11-7;;;;;/h1-9,13H;2*2-6,12H,1H3;;1H2;;;. The Kier molecular flexibility index (Phi) is 11.5. The Labute approximate surface area is 238 Å². The van der Waals surface area contributed by atoms with E-state index in [4.69, 9.17) is 5.11 Å². The minimum Gasteiger partial charge on any atom is -0.508 e. The number of pyridine rings is 2. The molecule has 39 heavy (non-hydrogen) atoms. The maximum absolute atomic E-state index is 9.43. The molecule has 6 rings (SSSR count). The quantitative estimate of drug-likeness (QED) is 0.238. The lowest BCUT2D eigenvalue weighted by Gasteiger charge is -2.00. The second kappa shape index (κ2) is 14.5. The largest absolute Gasteiger partial charge is 0.508 e. The van der Waals surface area contributed by atoms with Crippen molar-refractivity contribution in [2.45, 2.75) is 13.8 Å². The van der Waals surface area contributed by atoms with Crippen molar-refractivity contribution in [3.05, 3.63) is 127 Å². The van der Waals surface area contributed by atoms with Crippen molar-refractivity contribution in [1.29, 1.82) is 0 Å². The highest BCUT2D eigenvalue weighted by Crippen LogP contribution is 2.23. The Morgan fingerprint density at radius 3 is 1.36 bits per heavy atom. The summed E-state index contributed by atoms with van der Waals surface area (Å²) in [6, 6.07) is 35.9. The molecule has 4 aromatic carbocycles. The molecular formula is C32H33AlN2O4. The molecule has 0 aliphatic heterocycles. The normalized spacial score (nSPS) is 9.69. The van der Waals surface area contributed by atoms with Gasteiger partial charge in [0.05, 0.1) is 0 Å². The lowest BCUT2D eigenvalue weighted by Crippen LogP contribution is -1.82. The highest BCUT2D eigenvalue weighted by atomic mass is 27.0. The second-order valence-electron chi connectivity index (χ2n) is 8.52. The van der Waals surface area contributed by atoms with E-state index in [-0.39, 0.29) is 34.3 Å². The van der Waals surface area contributed by atoms with Crippen molar-refractivity contribution >= 4 is 39.2 Å². The zero-order valence-electron chi connectivity index (χ0n) is 21.2. The maximum Gasteiger partial charge on any atom is 0.187 e. The minimum absolute atomic E-state index is 0. The number of benzene rings is 4. The highest BCUT2D eigenvalue weighted by molar-refractivity contribution is 5.84. The number of hydrogen-bond donors (Lipinski definition) is 3. The fourth-order valence-corrected chi connectivity index (χ4v) is 3.74. The molecule has 7 heteroatoms. The van der Waals surface area contributed by atoms with Gasteiger partial charge in [0, 0.05) is 22.2 Å². The molecule has 0 unspecified atom stereocenters. The fraction of sp³-hybridized carbons (Fsp3) is 0.0625. The number of para-hydroxylation sites is 2. The van der Waals surface area contributed by atoms with E-state index >= 15 is 0 Å². The third kappa shape index (κ3) is 8.29. The molecule has 0 fully saturated rings. The summed E-state index contributed by atoms with van der Waals surface area (Å²) in [4.78, 5) is 8.45. The zero-order valence-corrected chi connectivity index (χ0v) is 21.2. The van der Waals surface area contributed by atoms with Crippen molar-refractivity contribution in [3.8, 4) is 28.4 Å². The first-order valence-corrected chi connectivity index (χ1v) is 11.9. The van der Waals surface area contributed by atoms with Gasteiger partial charge in [-0.15, -0.1) is 0 Å². The Balaban J connectivity index is 0.000000200. The van der Waals surface area contributed by atoms with E-state index in [1.54, 1.807) is 24.3 Å². The summed E-state index contributed by atoms with van der Waals surface area (Å²) < 4.78 is 0. The van der Waals surface area contributed by atoms with Crippen molar-refractivity contribution in [3.63, 3.8) is 0 Å². The van der Waals surface area contributed by atoms with Crippen molar-refractivity contribution in [1.82, 2.24) is 9.97 Å². The summed E-state index contributed by atoms with van der Waals surface area (Å²) in [5, 5.41) is 29.9. The van der Waals surface area contributed by atoms with Crippen LogP contribution in [0.2, 0.25) is 0 Å². The number of aryl methyl sites for hydroxylation is 2. The van der Waals surface area contributed by atoms with E-state index in [2.05, 4.69) is 9.97 Å². The lowest BCUT2D eigenvalue weighted by atomic mass is 10.1. The van der Waals surface area contributed by atoms with Gasteiger partial charge >= 0.3 is 0 Å². The predicted molar refractivity (Wildman–Crippen MR) is 163 cm³/mol. The predicted octanol–water partition coefficient (Wildman–Crippen LogP) is 5.55. The highest BCUT2D eigenvalue weighted by Gasteiger charge is 2.00. The molecule has 0 aliphatic carbocycles. The smallest absolute Gasteiger partial charge is 0.187 e. The molecule has 2 heterocycles. The molecule has 198 valence electrons. The summed E-state index contributed by atoms with van der Waals surface area (Å²) in [7, 11) is 0. The molecule has 0 bridgehead atoms. The zero-order chi connectivity index (χ0) is 26.2. The molecule has 0 atom stereocenters. The van der Waals surface area contributed by atoms with E-state index < -0.39 is 0 Å². The number of phenolic OH excluding ortho intramolecular Hbond substituents is 3. The summed E-state index contributed by atoms with van der Waals surface area (Å²) >= 11 is 0. The van der Waals surface area contributed by atoms with Gasteiger partial charge in [-0.1, -0.05) is 78.9 Å². The Morgan fingerprint density at radius 2 is 0.897 bits per heavy atom. The van der Waals surface area contributed by atoms with Crippen molar-refractivity contribution in [2.24, 2.45) is 0 Å². The molecule has 2 aromatic heterocycles. The van der Waals surface area contributed by atoms with Gasteiger partial charge < -0.3 is 20.8 Å². The number of rotatable bonds is 1. The van der Waals surface area contributed by atoms with E-state index in [0.717, 1.165) is 27.7 Å². The molecule has 0 spiro atoms. The first-order chi connectivity index (χ1) is 17.9. The van der Waals surface area contributed by atoms with E-state index in [1.165, 1.54) is 5.56 Å². The Hall–Kier alpha value is -4.41. The Bertz CT molecular complexity index is 1540. The third-order valence-corrected chi connectivity index (χ3v) is 5.65. The van der Waals surface area contributed by atoms with E-state index in [9.17, 15) is 10.2 Å². The number of phenols is 3. The van der Waals surface area contributed by atoms with Crippen molar-refractivity contribution in [2.75, 3.05) is 0 Å². The van der Waals surface area contributed by atoms with Crippen LogP contribution in [0.4, 0.5) is 0 Å². The molecule has 0 saturated carbocycles. The van der Waals surface area contributed by atoms with Gasteiger partial charge in [-0.05, 0) is 61.4 Å². The average molecular weight is 537 g/mol. The van der Waals surface area contributed by atoms with Crippen LogP contribution >= 0.6 is 0 Å². The first-order valence-electron chi connectivity index (χ1n) is 11.9. The number of nitrogens with zero attached hydrogens (tertiary/aromatic N) is 2. The first kappa shape index (κ1) is 30.8.